The van der Waals surface area contributed by atoms with E-state index in [1.54, 1.807) is 0 Å². The lowest BCUT2D eigenvalue weighted by Gasteiger charge is -2.42. The first-order valence-corrected chi connectivity index (χ1v) is 14.7. The highest BCUT2D eigenvalue weighted by atomic mass is 32.2. The van der Waals surface area contributed by atoms with Gasteiger partial charge in [0.15, 0.2) is 5.12 Å². The fourth-order valence-corrected chi connectivity index (χ4v) is 6.89. The molecule has 1 aliphatic heterocycles. The first kappa shape index (κ1) is 26.9. The third kappa shape index (κ3) is 5.86. The second kappa shape index (κ2) is 12.5. The third-order valence-electron chi connectivity index (χ3n) is 8.17. The Morgan fingerprint density at radius 2 is 1.26 bits per heavy atom. The molecule has 0 aromatic heterocycles. The lowest BCUT2D eigenvalue weighted by molar-refractivity contribution is -0.117. The van der Waals surface area contributed by atoms with Gasteiger partial charge < -0.3 is 4.90 Å². The number of carbonyl (C=O) groups is 1. The molecule has 0 amide bonds. The van der Waals surface area contributed by atoms with Gasteiger partial charge in [0.25, 0.3) is 0 Å². The van der Waals surface area contributed by atoms with Gasteiger partial charge in [-0.25, -0.2) is 0 Å². The van der Waals surface area contributed by atoms with E-state index in [-0.39, 0.29) is 5.12 Å². The molecule has 1 fully saturated rings. The van der Waals surface area contributed by atoms with Gasteiger partial charge in [0.1, 0.15) is 5.41 Å². The number of thioether (sulfide) groups is 1. The van der Waals surface area contributed by atoms with E-state index >= 15 is 0 Å². The minimum atomic E-state index is -0.710. The average molecular weight is 531 g/mol. The van der Waals surface area contributed by atoms with E-state index < -0.39 is 10.8 Å². The summed E-state index contributed by atoms with van der Waals surface area (Å²) < 4.78 is 0. The van der Waals surface area contributed by atoms with Crippen molar-refractivity contribution in [3.63, 3.8) is 0 Å². The van der Waals surface area contributed by atoms with Crippen LogP contribution in [0.15, 0.2) is 121 Å². The number of hydrogen-bond donors (Lipinski definition) is 0. The van der Waals surface area contributed by atoms with Gasteiger partial charge in [-0.1, -0.05) is 133 Å². The standard InChI is InChI=1S/C35H34N2OS/c36-28-35(31-17-9-3-10-18-31,32-19-11-4-12-20-32)23-26-37-24-21-34(22-25-37,30-15-7-2-8-16-30)33(38)39-27-29-13-5-1-6-14-29/h1-20H,21-27H2. The summed E-state index contributed by atoms with van der Waals surface area (Å²) in [7, 11) is 0. The van der Waals surface area contributed by atoms with Crippen molar-refractivity contribution in [1.82, 2.24) is 4.90 Å². The van der Waals surface area contributed by atoms with Gasteiger partial charge in [0.05, 0.1) is 11.5 Å². The van der Waals surface area contributed by atoms with Crippen molar-refractivity contribution in [2.45, 2.75) is 35.8 Å². The summed E-state index contributed by atoms with van der Waals surface area (Å²) in [6, 6.07) is 43.5. The Hall–Kier alpha value is -3.65. The van der Waals surface area contributed by atoms with Gasteiger partial charge in [-0.3, -0.25) is 4.79 Å². The molecule has 196 valence electrons. The van der Waals surface area contributed by atoms with E-state index in [0.717, 1.165) is 49.2 Å². The van der Waals surface area contributed by atoms with Crippen molar-refractivity contribution in [3.8, 4) is 6.07 Å². The molecule has 1 saturated heterocycles. The largest absolute Gasteiger partial charge is 0.303 e. The second-order valence-electron chi connectivity index (χ2n) is 10.4. The summed E-state index contributed by atoms with van der Waals surface area (Å²) in [4.78, 5) is 16.3. The molecule has 3 nitrogen and oxygen atoms in total. The van der Waals surface area contributed by atoms with E-state index in [1.807, 2.05) is 72.8 Å². The monoisotopic (exact) mass is 530 g/mol. The molecule has 0 unspecified atom stereocenters. The number of rotatable bonds is 9. The first-order chi connectivity index (χ1) is 19.2. The molecule has 5 rings (SSSR count). The molecule has 1 heterocycles. The Balaban J connectivity index is 1.32. The van der Waals surface area contributed by atoms with E-state index in [9.17, 15) is 10.1 Å². The molecule has 0 atom stereocenters. The van der Waals surface area contributed by atoms with Gasteiger partial charge in [0, 0.05) is 12.3 Å². The Labute approximate surface area is 236 Å². The molecule has 1 aliphatic rings. The molecule has 0 bridgehead atoms. The van der Waals surface area contributed by atoms with E-state index in [0.29, 0.717) is 12.2 Å². The zero-order valence-corrected chi connectivity index (χ0v) is 23.0. The maximum Gasteiger partial charge on any atom is 0.199 e. The normalized spacial score (nSPS) is 15.4. The average Bonchev–Trinajstić information content (AvgIpc) is 3.03. The molecular formula is C35H34N2OS. The number of benzene rings is 4. The number of carbonyl (C=O) groups excluding carboxylic acids is 1. The fraction of sp³-hybridized carbons (Fsp3) is 0.257. The summed E-state index contributed by atoms with van der Waals surface area (Å²) in [6.07, 6.45) is 2.27. The lowest BCUT2D eigenvalue weighted by atomic mass is 9.72. The minimum Gasteiger partial charge on any atom is -0.303 e. The number of nitriles is 1. The van der Waals surface area contributed by atoms with Crippen LogP contribution in [-0.4, -0.2) is 29.6 Å². The van der Waals surface area contributed by atoms with Crippen LogP contribution >= 0.6 is 11.8 Å². The third-order valence-corrected chi connectivity index (χ3v) is 9.30. The van der Waals surface area contributed by atoms with Crippen LogP contribution in [0.3, 0.4) is 0 Å². The highest BCUT2D eigenvalue weighted by molar-refractivity contribution is 8.13. The van der Waals surface area contributed by atoms with Gasteiger partial charge in [-0.15, -0.1) is 0 Å². The summed E-state index contributed by atoms with van der Waals surface area (Å²) in [5.41, 5.74) is 3.16. The van der Waals surface area contributed by atoms with Crippen molar-refractivity contribution in [2.75, 3.05) is 19.6 Å². The van der Waals surface area contributed by atoms with Crippen LogP contribution in [0.2, 0.25) is 0 Å². The van der Waals surface area contributed by atoms with Gasteiger partial charge in [0.2, 0.25) is 0 Å². The van der Waals surface area contributed by atoms with Gasteiger partial charge >= 0.3 is 0 Å². The smallest absolute Gasteiger partial charge is 0.199 e. The lowest BCUT2D eigenvalue weighted by Crippen LogP contribution is -2.47. The predicted molar refractivity (Wildman–Crippen MR) is 160 cm³/mol. The fourth-order valence-electron chi connectivity index (χ4n) is 5.80. The Morgan fingerprint density at radius 1 is 0.769 bits per heavy atom. The van der Waals surface area contributed by atoms with Crippen LogP contribution in [0.4, 0.5) is 0 Å². The summed E-state index contributed by atoms with van der Waals surface area (Å²) in [5.74, 6) is 0.691. The Bertz CT molecular complexity index is 1340. The van der Waals surface area contributed by atoms with Crippen molar-refractivity contribution >= 4 is 16.9 Å². The van der Waals surface area contributed by atoms with Gasteiger partial charge in [-0.05, 0) is 54.6 Å². The van der Waals surface area contributed by atoms with E-state index in [2.05, 4.69) is 59.5 Å². The van der Waals surface area contributed by atoms with Crippen molar-refractivity contribution in [2.24, 2.45) is 0 Å². The second-order valence-corrected chi connectivity index (χ2v) is 11.3. The first-order valence-electron chi connectivity index (χ1n) is 13.7. The van der Waals surface area contributed by atoms with E-state index in [1.165, 1.54) is 17.3 Å². The molecule has 4 aromatic carbocycles. The summed E-state index contributed by atoms with van der Waals surface area (Å²) in [5, 5.41) is 10.8. The van der Waals surface area contributed by atoms with E-state index in [4.69, 9.17) is 0 Å². The highest BCUT2D eigenvalue weighted by Crippen LogP contribution is 2.41. The number of piperidine rings is 1. The molecule has 4 aromatic rings. The molecule has 0 saturated carbocycles. The molecule has 0 N–H and O–H groups in total. The van der Waals surface area contributed by atoms with Crippen LogP contribution in [0, 0.1) is 11.3 Å². The topological polar surface area (TPSA) is 44.1 Å². The molecular weight excluding hydrogens is 496 g/mol. The molecule has 39 heavy (non-hydrogen) atoms. The Morgan fingerprint density at radius 3 is 1.77 bits per heavy atom. The van der Waals surface area contributed by atoms with Crippen LogP contribution < -0.4 is 0 Å². The van der Waals surface area contributed by atoms with Crippen LogP contribution in [0.5, 0.6) is 0 Å². The van der Waals surface area contributed by atoms with Crippen molar-refractivity contribution in [3.05, 3.63) is 144 Å². The van der Waals surface area contributed by atoms with Crippen molar-refractivity contribution < 1.29 is 4.79 Å². The van der Waals surface area contributed by atoms with Gasteiger partial charge in [-0.2, -0.15) is 5.26 Å². The van der Waals surface area contributed by atoms with Crippen LogP contribution in [-0.2, 0) is 21.4 Å². The highest BCUT2D eigenvalue weighted by Gasteiger charge is 2.43. The molecule has 0 aliphatic carbocycles. The Kier molecular flexibility index (Phi) is 8.61. The molecule has 4 heteroatoms. The number of likely N-dealkylation sites (tertiary alicyclic amines) is 1. The maximum atomic E-state index is 13.8. The summed E-state index contributed by atoms with van der Waals surface area (Å²) >= 11 is 1.45. The zero-order valence-electron chi connectivity index (χ0n) is 22.2. The molecule has 0 radical (unpaired) electrons. The quantitative estimate of drug-likeness (QED) is 0.226. The van der Waals surface area contributed by atoms with Crippen LogP contribution in [0.1, 0.15) is 41.5 Å². The van der Waals surface area contributed by atoms with Crippen LogP contribution in [0.25, 0.3) is 0 Å². The zero-order chi connectivity index (χ0) is 27.0. The number of nitrogens with zero attached hydrogens (tertiary/aromatic N) is 2. The number of hydrogen-bond acceptors (Lipinski definition) is 4. The SMILES string of the molecule is N#CC(CCN1CCC(C(=O)SCc2ccccc2)(c2ccccc2)CC1)(c1ccccc1)c1ccccc1. The molecule has 0 spiro atoms. The maximum absolute atomic E-state index is 13.8. The predicted octanol–water partition coefficient (Wildman–Crippen LogP) is 7.38. The summed E-state index contributed by atoms with van der Waals surface area (Å²) in [6.45, 7) is 2.46. The minimum absolute atomic E-state index is 0.261. The van der Waals surface area contributed by atoms with Crippen molar-refractivity contribution in [1.29, 1.82) is 5.26 Å².